The van der Waals surface area contributed by atoms with Gasteiger partial charge in [-0.1, -0.05) is 32.0 Å². The van der Waals surface area contributed by atoms with E-state index < -0.39 is 20.8 Å². The van der Waals surface area contributed by atoms with Crippen LogP contribution >= 0.6 is 17.0 Å². The zero-order valence-corrected chi connectivity index (χ0v) is 40.3. The third kappa shape index (κ3) is 18.9. The van der Waals surface area contributed by atoms with Crippen molar-refractivity contribution in [2.24, 2.45) is 15.3 Å². The van der Waals surface area contributed by atoms with Crippen molar-refractivity contribution < 1.29 is 62.4 Å². The number of hydrogen-bond acceptors (Lipinski definition) is 6. The summed E-state index contributed by atoms with van der Waals surface area (Å²) in [6.45, 7) is 15.7. The van der Waals surface area contributed by atoms with Crippen LogP contribution in [-0.2, 0) is 47.1 Å². The van der Waals surface area contributed by atoms with Crippen LogP contribution in [0.15, 0.2) is 125 Å². The largest absolute Gasteiger partial charge is 2.00 e. The minimum Gasteiger partial charge on any atom is 2.00 e. The fraction of sp³-hybridized carbons (Fsp3) is 0.186. The molecule has 0 atom stereocenters. The molecule has 0 amide bonds. The summed E-state index contributed by atoms with van der Waals surface area (Å²) in [5, 5.41) is 42.2. The van der Waals surface area contributed by atoms with Gasteiger partial charge >= 0.3 is 64.1 Å². The maximum atomic E-state index is 9.85. The number of aryl methyl sites for hydroxylation is 6. The molecule has 0 fully saturated rings. The molecule has 9 nitrogen and oxygen atoms in total. The molecule has 0 aliphatic rings. The van der Waals surface area contributed by atoms with E-state index in [4.69, 9.17) is 17.0 Å². The first kappa shape index (κ1) is 54.4. The summed E-state index contributed by atoms with van der Waals surface area (Å²) < 4.78 is 5.07. The predicted octanol–water partition coefficient (Wildman–Crippen LogP) is 11.4. The predicted molar refractivity (Wildman–Crippen MR) is 231 cm³/mol. The number of nitrogens with zero attached hydrogens (tertiary/aromatic N) is 6. The first-order valence-electron chi connectivity index (χ1n) is 16.8. The topological polar surface area (TPSA) is 113 Å². The zero-order chi connectivity index (χ0) is 39.3. The monoisotopic (exact) mass is 952 g/mol. The van der Waals surface area contributed by atoms with Gasteiger partial charge < -0.3 is 30.2 Å². The Bertz CT molecular complexity index is 1810. The Morgan fingerprint density at radius 3 is 0.857 bits per heavy atom. The van der Waals surface area contributed by atoms with Gasteiger partial charge in [-0.25, -0.2) is 14.0 Å². The molecule has 6 aromatic rings. The first-order chi connectivity index (χ1) is 25.4. The van der Waals surface area contributed by atoms with E-state index in [-0.39, 0.29) is 41.1 Å². The van der Waals surface area contributed by atoms with Crippen molar-refractivity contribution in [1.82, 2.24) is 14.0 Å². The van der Waals surface area contributed by atoms with E-state index in [1.165, 1.54) is 0 Å². The summed E-state index contributed by atoms with van der Waals surface area (Å²) in [4.78, 5) is 0. The molecule has 0 aliphatic carbocycles. The SMILES string of the molecule is CC.Cc1cc(C)c(O)c(/C=N/n2cccc2)c1.Cc1cc(C)c(O)c(C=Nn2cccc2)c1.Cc1cc(C)c(O)c(C=Nn2cccc2)c1.[CH3-].[CH3-].[Cl][Zr][Cl].[Zr+2]. The maximum absolute atomic E-state index is 9.85. The van der Waals surface area contributed by atoms with Gasteiger partial charge in [-0.15, -0.1) is 0 Å². The summed E-state index contributed by atoms with van der Waals surface area (Å²) in [6, 6.07) is 23.0. The smallest absolute Gasteiger partial charge is 2.00 e. The van der Waals surface area contributed by atoms with Gasteiger partial charge in [-0.3, -0.25) is 0 Å². The molecule has 3 heterocycles. The Morgan fingerprint density at radius 2 is 0.661 bits per heavy atom. The minimum absolute atomic E-state index is 0. The van der Waals surface area contributed by atoms with Crippen LogP contribution in [0.25, 0.3) is 0 Å². The molecule has 3 N–H and O–H groups in total. The number of phenols is 3. The number of phenolic OH excluding ortho intramolecular Hbond substituents is 3. The van der Waals surface area contributed by atoms with Crippen molar-refractivity contribution in [3.63, 3.8) is 0 Å². The zero-order valence-electron chi connectivity index (χ0n) is 33.9. The van der Waals surface area contributed by atoms with Gasteiger partial charge in [0, 0.05) is 53.9 Å². The molecule has 3 aromatic carbocycles. The summed E-state index contributed by atoms with van der Waals surface area (Å²) in [5.74, 6) is 0.879. The molecule has 0 radical (unpaired) electrons. The molecule has 0 spiro atoms. The standard InChI is InChI=1S/3C13H14N2O.C2H6.2CH3.2ClH.2Zr/c3*1-10-7-11(2)13(16)12(8-10)9-14-15-5-3-4-6-15;1-2;;;;;;/h3*3-9,16H,1-2H3;1-2H3;2*1H3;2*1H;;/q;;;;2*-1;;;2*+2/p-2/b14-9+;;;;;;;;;. The van der Waals surface area contributed by atoms with Gasteiger partial charge in [0.2, 0.25) is 0 Å². The number of aromatic hydroxyl groups is 3. The Labute approximate surface area is 371 Å². The third-order valence-corrected chi connectivity index (χ3v) is 7.18. The van der Waals surface area contributed by atoms with Crippen LogP contribution in [0, 0.1) is 56.4 Å². The van der Waals surface area contributed by atoms with E-state index in [9.17, 15) is 15.3 Å². The fourth-order valence-electron chi connectivity index (χ4n) is 4.87. The van der Waals surface area contributed by atoms with E-state index in [0.717, 1.165) is 50.1 Å². The summed E-state index contributed by atoms with van der Waals surface area (Å²) in [7, 11) is 9.87. The molecule has 0 bridgehead atoms. The second-order valence-electron chi connectivity index (χ2n) is 11.6. The van der Waals surface area contributed by atoms with Crippen LogP contribution in [0.1, 0.15) is 63.9 Å². The van der Waals surface area contributed by atoms with Gasteiger partial charge in [-0.2, -0.15) is 15.3 Å². The van der Waals surface area contributed by atoms with E-state index in [1.54, 1.807) is 32.7 Å². The molecular weight excluding hydrogens is 902 g/mol. The molecule has 0 saturated heterocycles. The van der Waals surface area contributed by atoms with Gasteiger partial charge in [0.05, 0.1) is 18.6 Å². The fourth-order valence-corrected chi connectivity index (χ4v) is 4.87. The number of benzene rings is 3. The second-order valence-corrected chi connectivity index (χ2v) is 15.3. The van der Waals surface area contributed by atoms with Crippen LogP contribution in [0.4, 0.5) is 0 Å². The molecule has 3 aromatic heterocycles. The van der Waals surface area contributed by atoms with Crippen molar-refractivity contribution in [2.45, 2.75) is 55.4 Å². The van der Waals surface area contributed by atoms with E-state index >= 15 is 0 Å². The maximum Gasteiger partial charge on any atom is 2.00 e. The molecule has 13 heteroatoms. The second kappa shape index (κ2) is 29.5. The van der Waals surface area contributed by atoms with Gasteiger partial charge in [0.25, 0.3) is 0 Å². The van der Waals surface area contributed by atoms with Gasteiger partial charge in [-0.05, 0) is 130 Å². The third-order valence-electron chi connectivity index (χ3n) is 7.18. The molecular formula is C43H54Cl2N6O3Zr2. The first-order valence-corrected chi connectivity index (χ1v) is 23.1. The number of halogens is 2. The molecule has 56 heavy (non-hydrogen) atoms. The molecule has 0 saturated carbocycles. The number of rotatable bonds is 6. The van der Waals surface area contributed by atoms with Crippen LogP contribution < -0.4 is 0 Å². The van der Waals surface area contributed by atoms with Crippen molar-refractivity contribution in [3.05, 3.63) is 175 Å². The molecule has 0 aliphatic heterocycles. The average Bonchev–Trinajstić information content (AvgIpc) is 3.95. The quantitative estimate of drug-likeness (QED) is 0.114. The number of hydrogen-bond donors (Lipinski definition) is 3. The summed E-state index contributed by atoms with van der Waals surface area (Å²) >= 11 is -0.826. The Balaban J connectivity index is 0. The number of aromatic nitrogens is 3. The van der Waals surface area contributed by atoms with Crippen LogP contribution in [0.2, 0.25) is 0 Å². The minimum atomic E-state index is -0.826. The van der Waals surface area contributed by atoms with Crippen LogP contribution in [-0.4, -0.2) is 48.0 Å². The van der Waals surface area contributed by atoms with E-state index in [2.05, 4.69) is 15.3 Å². The average molecular weight is 956 g/mol. The molecule has 6 rings (SSSR count). The summed E-state index contributed by atoms with van der Waals surface area (Å²) in [5.41, 5.74) is 8.18. The Hall–Kier alpha value is -3.74. The van der Waals surface area contributed by atoms with Crippen molar-refractivity contribution >= 4 is 35.7 Å². The van der Waals surface area contributed by atoms with Crippen LogP contribution in [0.3, 0.4) is 0 Å². The Morgan fingerprint density at radius 1 is 0.464 bits per heavy atom. The molecule has 296 valence electrons. The van der Waals surface area contributed by atoms with Crippen LogP contribution in [0.5, 0.6) is 17.2 Å². The Kier molecular flexibility index (Phi) is 28.6. The van der Waals surface area contributed by atoms with E-state index in [0.29, 0.717) is 17.2 Å². The normalized spacial score (nSPS) is 9.89. The van der Waals surface area contributed by atoms with Gasteiger partial charge in [0.15, 0.2) is 0 Å². The van der Waals surface area contributed by atoms with Gasteiger partial charge in [0.1, 0.15) is 17.2 Å². The summed E-state index contributed by atoms with van der Waals surface area (Å²) in [6.07, 6.45) is 16.0. The van der Waals surface area contributed by atoms with Crippen molar-refractivity contribution in [1.29, 1.82) is 0 Å². The molecule has 0 unspecified atom stereocenters. The van der Waals surface area contributed by atoms with E-state index in [1.807, 2.05) is 165 Å². The van der Waals surface area contributed by atoms with Crippen molar-refractivity contribution in [3.8, 4) is 17.2 Å². The van der Waals surface area contributed by atoms with Crippen molar-refractivity contribution in [2.75, 3.05) is 0 Å².